The second-order valence-corrected chi connectivity index (χ2v) is 5.83. The number of carbonyl (C=O) groups excluding carboxylic acids is 1. The van der Waals surface area contributed by atoms with Gasteiger partial charge in [0.05, 0.1) is 12.6 Å². The summed E-state index contributed by atoms with van der Waals surface area (Å²) >= 11 is 0. The van der Waals surface area contributed by atoms with E-state index in [2.05, 4.69) is 22.3 Å². The minimum Gasteiger partial charge on any atom is -0.375 e. The molecule has 1 unspecified atom stereocenters. The smallest absolute Gasteiger partial charge is 0.249 e. The minimum atomic E-state index is -0.0161. The van der Waals surface area contributed by atoms with Crippen LogP contribution in [0.15, 0.2) is 36.7 Å². The van der Waals surface area contributed by atoms with Crippen LogP contribution in [0.2, 0.25) is 0 Å². The maximum Gasteiger partial charge on any atom is 0.249 e. The highest BCUT2D eigenvalue weighted by molar-refractivity contribution is 5.78. The third-order valence-corrected chi connectivity index (χ3v) is 4.23. The molecule has 1 aliphatic heterocycles. The highest BCUT2D eigenvalue weighted by Gasteiger charge is 2.31. The fourth-order valence-electron chi connectivity index (χ4n) is 3.13. The molecule has 0 saturated carbocycles. The molecule has 0 radical (unpaired) electrons. The molecule has 6 heteroatoms. The fourth-order valence-corrected chi connectivity index (χ4v) is 3.13. The summed E-state index contributed by atoms with van der Waals surface area (Å²) in [6, 6.07) is 10.2. The number of carbonyl (C=O) groups is 1. The fraction of sp³-hybridized carbons (Fsp3) is 0.471. The van der Waals surface area contributed by atoms with E-state index in [1.54, 1.807) is 13.4 Å². The van der Waals surface area contributed by atoms with E-state index in [1.165, 1.54) is 5.56 Å². The van der Waals surface area contributed by atoms with Crippen molar-refractivity contribution in [2.75, 3.05) is 20.3 Å². The monoisotopic (exact) mass is 314 g/mol. The molecule has 1 fully saturated rings. The van der Waals surface area contributed by atoms with Gasteiger partial charge in [-0.05, 0) is 24.8 Å². The van der Waals surface area contributed by atoms with Crippen molar-refractivity contribution in [3.8, 4) is 0 Å². The molecule has 1 amide bonds. The molecule has 122 valence electrons. The van der Waals surface area contributed by atoms with Gasteiger partial charge in [0.2, 0.25) is 5.91 Å². The van der Waals surface area contributed by atoms with Crippen LogP contribution in [0.3, 0.4) is 0 Å². The maximum atomic E-state index is 12.3. The lowest BCUT2D eigenvalue weighted by atomic mass is 10.0. The summed E-state index contributed by atoms with van der Waals surface area (Å²) in [6.45, 7) is 1.58. The summed E-state index contributed by atoms with van der Waals surface area (Å²) in [4.78, 5) is 14.2. The van der Waals surface area contributed by atoms with Crippen molar-refractivity contribution >= 4 is 5.91 Å². The maximum absolute atomic E-state index is 12.3. The number of benzene rings is 1. The first-order valence-corrected chi connectivity index (χ1v) is 7.99. The van der Waals surface area contributed by atoms with E-state index in [4.69, 9.17) is 4.74 Å². The van der Waals surface area contributed by atoms with Crippen LogP contribution >= 0.6 is 0 Å². The molecule has 2 aromatic rings. The average molecular weight is 314 g/mol. The Labute approximate surface area is 136 Å². The summed E-state index contributed by atoms with van der Waals surface area (Å²) in [5, 5.41) is 8.38. The number of likely N-dealkylation sites (tertiary alicyclic amines) is 1. The normalized spacial score (nSPS) is 18.1. The van der Waals surface area contributed by atoms with Crippen molar-refractivity contribution in [1.82, 2.24) is 19.7 Å². The highest BCUT2D eigenvalue weighted by Crippen LogP contribution is 2.30. The zero-order valence-electron chi connectivity index (χ0n) is 13.4. The van der Waals surface area contributed by atoms with E-state index in [-0.39, 0.29) is 18.6 Å². The van der Waals surface area contributed by atoms with E-state index in [9.17, 15) is 4.79 Å². The Morgan fingerprint density at radius 3 is 2.91 bits per heavy atom. The van der Waals surface area contributed by atoms with Crippen LogP contribution in [0.4, 0.5) is 0 Å². The SMILES string of the molecule is COCC(=O)N1CCCCC1c1nncn1Cc1ccccc1. The molecule has 1 saturated heterocycles. The number of hydrogen-bond donors (Lipinski definition) is 0. The van der Waals surface area contributed by atoms with E-state index < -0.39 is 0 Å². The lowest BCUT2D eigenvalue weighted by molar-refractivity contribution is -0.139. The predicted molar refractivity (Wildman–Crippen MR) is 85.7 cm³/mol. The van der Waals surface area contributed by atoms with Gasteiger partial charge in [0.15, 0.2) is 5.82 Å². The summed E-state index contributed by atoms with van der Waals surface area (Å²) in [6.07, 6.45) is 4.79. The number of ether oxygens (including phenoxy) is 1. The molecule has 6 nitrogen and oxygen atoms in total. The molecule has 0 N–H and O–H groups in total. The van der Waals surface area contributed by atoms with Crippen molar-refractivity contribution in [3.63, 3.8) is 0 Å². The van der Waals surface area contributed by atoms with Gasteiger partial charge in [0.25, 0.3) is 0 Å². The summed E-state index contributed by atoms with van der Waals surface area (Å²) in [7, 11) is 1.55. The third-order valence-electron chi connectivity index (χ3n) is 4.23. The third kappa shape index (κ3) is 3.59. The van der Waals surface area contributed by atoms with Gasteiger partial charge in [-0.1, -0.05) is 30.3 Å². The zero-order valence-corrected chi connectivity index (χ0v) is 13.4. The van der Waals surface area contributed by atoms with Gasteiger partial charge >= 0.3 is 0 Å². The molecule has 3 rings (SSSR count). The molecule has 0 aliphatic carbocycles. The van der Waals surface area contributed by atoms with Crippen LogP contribution in [0.25, 0.3) is 0 Å². The zero-order chi connectivity index (χ0) is 16.1. The summed E-state index contributed by atoms with van der Waals surface area (Å²) in [5.41, 5.74) is 1.19. The van der Waals surface area contributed by atoms with E-state index in [0.717, 1.165) is 31.6 Å². The number of nitrogens with zero attached hydrogens (tertiary/aromatic N) is 4. The van der Waals surface area contributed by atoms with Crippen LogP contribution in [0.1, 0.15) is 36.7 Å². The highest BCUT2D eigenvalue weighted by atomic mass is 16.5. The molecule has 1 aromatic carbocycles. The summed E-state index contributed by atoms with van der Waals surface area (Å²) < 4.78 is 7.05. The standard InChI is InChI=1S/C17H22N4O2/c1-23-12-16(22)21-10-6-5-9-15(21)17-19-18-13-20(17)11-14-7-3-2-4-8-14/h2-4,7-8,13,15H,5-6,9-12H2,1H3. The molecule has 0 bridgehead atoms. The largest absolute Gasteiger partial charge is 0.375 e. The van der Waals surface area contributed by atoms with Crippen LogP contribution < -0.4 is 0 Å². The molecule has 0 spiro atoms. The van der Waals surface area contributed by atoms with Crippen LogP contribution in [0, 0.1) is 0 Å². The Morgan fingerprint density at radius 2 is 2.13 bits per heavy atom. The topological polar surface area (TPSA) is 60.2 Å². The number of hydrogen-bond acceptors (Lipinski definition) is 4. The van der Waals surface area contributed by atoms with Crippen molar-refractivity contribution in [2.45, 2.75) is 31.8 Å². The summed E-state index contributed by atoms with van der Waals surface area (Å²) in [5.74, 6) is 0.879. The lowest BCUT2D eigenvalue weighted by Gasteiger charge is -2.35. The van der Waals surface area contributed by atoms with Gasteiger partial charge in [-0.25, -0.2) is 0 Å². The Morgan fingerprint density at radius 1 is 1.30 bits per heavy atom. The predicted octanol–water partition coefficient (Wildman–Crippen LogP) is 2.03. The van der Waals surface area contributed by atoms with Crippen LogP contribution in [0.5, 0.6) is 0 Å². The van der Waals surface area contributed by atoms with Crippen LogP contribution in [-0.4, -0.2) is 45.8 Å². The molecule has 1 aliphatic rings. The quantitative estimate of drug-likeness (QED) is 0.847. The average Bonchev–Trinajstić information content (AvgIpc) is 3.04. The molecular formula is C17H22N4O2. The number of piperidine rings is 1. The lowest BCUT2D eigenvalue weighted by Crippen LogP contribution is -2.41. The van der Waals surface area contributed by atoms with Crippen molar-refractivity contribution in [3.05, 3.63) is 48.0 Å². The molecule has 1 aromatic heterocycles. The molecule has 23 heavy (non-hydrogen) atoms. The van der Waals surface area contributed by atoms with Gasteiger partial charge in [-0.2, -0.15) is 0 Å². The van der Waals surface area contributed by atoms with Gasteiger partial charge in [0, 0.05) is 13.7 Å². The second-order valence-electron chi connectivity index (χ2n) is 5.83. The van der Waals surface area contributed by atoms with E-state index >= 15 is 0 Å². The Bertz CT molecular complexity index is 641. The van der Waals surface area contributed by atoms with Gasteiger partial charge in [-0.3, -0.25) is 4.79 Å². The van der Waals surface area contributed by atoms with Gasteiger partial charge in [0.1, 0.15) is 12.9 Å². The minimum absolute atomic E-state index is 0.0161. The number of amides is 1. The number of methoxy groups -OCH3 is 1. The Balaban J connectivity index is 1.82. The van der Waals surface area contributed by atoms with Crippen LogP contribution in [-0.2, 0) is 16.1 Å². The first-order valence-electron chi connectivity index (χ1n) is 7.99. The van der Waals surface area contributed by atoms with E-state index in [1.807, 2.05) is 27.7 Å². The number of aromatic nitrogens is 3. The Hall–Kier alpha value is -2.21. The second kappa shape index (κ2) is 7.37. The van der Waals surface area contributed by atoms with Crippen molar-refractivity contribution in [1.29, 1.82) is 0 Å². The first-order chi connectivity index (χ1) is 11.3. The van der Waals surface area contributed by atoms with E-state index in [0.29, 0.717) is 6.54 Å². The van der Waals surface area contributed by atoms with Gasteiger partial charge in [-0.15, -0.1) is 10.2 Å². The van der Waals surface area contributed by atoms with Gasteiger partial charge < -0.3 is 14.2 Å². The van der Waals surface area contributed by atoms with Crippen molar-refractivity contribution < 1.29 is 9.53 Å². The molecular weight excluding hydrogens is 292 g/mol. The van der Waals surface area contributed by atoms with Crippen molar-refractivity contribution in [2.24, 2.45) is 0 Å². The first kappa shape index (κ1) is 15.7. The molecule has 1 atom stereocenters. The molecule has 2 heterocycles. The Kier molecular flexibility index (Phi) is 5.02. The number of rotatable bonds is 5.